The molecule has 2 rings (SSSR count). The number of rotatable bonds is 5. The maximum Gasteiger partial charge on any atom is 0.246 e. The Hall–Kier alpha value is -1.43. The molecule has 5 nitrogen and oxygen atoms in total. The molecule has 0 aliphatic carbocycles. The summed E-state index contributed by atoms with van der Waals surface area (Å²) in [6.07, 6.45) is 3.33. The van der Waals surface area contributed by atoms with Crippen LogP contribution in [0.3, 0.4) is 0 Å². The molecule has 2 unspecified atom stereocenters. The van der Waals surface area contributed by atoms with Gasteiger partial charge in [0.15, 0.2) is 0 Å². The second kappa shape index (κ2) is 6.35. The summed E-state index contributed by atoms with van der Waals surface area (Å²) in [4.78, 5) is 31.7. The highest BCUT2D eigenvalue weighted by Crippen LogP contribution is 2.22. The Balaban J connectivity index is 2.23. The van der Waals surface area contributed by atoms with Gasteiger partial charge >= 0.3 is 0 Å². The van der Waals surface area contributed by atoms with Gasteiger partial charge < -0.3 is 10.2 Å². The van der Waals surface area contributed by atoms with Crippen molar-refractivity contribution in [1.29, 1.82) is 0 Å². The summed E-state index contributed by atoms with van der Waals surface area (Å²) in [5.74, 6) is 0.0825. The van der Waals surface area contributed by atoms with Gasteiger partial charge in [0.05, 0.1) is 12.1 Å². The number of aromatic nitrogens is 1. The van der Waals surface area contributed by atoms with Crippen LogP contribution in [0.1, 0.15) is 38.5 Å². The fourth-order valence-corrected chi connectivity index (χ4v) is 3.07. The standard InChI is InChI=1S/C14H21N3O2S/c1-4-5-11-13(18)16-12(9(2)3)14(19)17(11)7-10-6-15-8-20-10/h6,8-9,11-12H,4-5,7H2,1-3H3,(H,16,18). The van der Waals surface area contributed by atoms with Gasteiger partial charge in [-0.05, 0) is 12.3 Å². The lowest BCUT2D eigenvalue weighted by Gasteiger charge is -2.40. The van der Waals surface area contributed by atoms with E-state index in [2.05, 4.69) is 10.3 Å². The zero-order chi connectivity index (χ0) is 14.7. The van der Waals surface area contributed by atoms with E-state index in [9.17, 15) is 9.59 Å². The smallest absolute Gasteiger partial charge is 0.246 e. The minimum atomic E-state index is -0.413. The SMILES string of the molecule is CCCC1C(=O)NC(C(C)C)C(=O)N1Cc1cncs1. The lowest BCUT2D eigenvalue weighted by molar-refractivity contribution is -0.151. The zero-order valence-electron chi connectivity index (χ0n) is 12.1. The van der Waals surface area contributed by atoms with Crippen molar-refractivity contribution in [2.45, 2.75) is 52.2 Å². The lowest BCUT2D eigenvalue weighted by atomic mass is 9.96. The van der Waals surface area contributed by atoms with E-state index < -0.39 is 6.04 Å². The van der Waals surface area contributed by atoms with E-state index in [1.165, 1.54) is 11.3 Å². The molecule has 2 amide bonds. The molecule has 1 aromatic rings. The molecule has 1 N–H and O–H groups in total. The second-order valence-electron chi connectivity index (χ2n) is 5.47. The van der Waals surface area contributed by atoms with Gasteiger partial charge in [-0.2, -0.15) is 0 Å². The molecule has 0 spiro atoms. The Morgan fingerprint density at radius 3 is 2.75 bits per heavy atom. The van der Waals surface area contributed by atoms with Crippen molar-refractivity contribution in [3.05, 3.63) is 16.6 Å². The Morgan fingerprint density at radius 2 is 2.20 bits per heavy atom. The van der Waals surface area contributed by atoms with Gasteiger partial charge in [-0.25, -0.2) is 0 Å². The third kappa shape index (κ3) is 3.00. The number of amides is 2. The number of thiazole rings is 1. The van der Waals surface area contributed by atoms with Crippen molar-refractivity contribution in [3.63, 3.8) is 0 Å². The molecule has 0 saturated carbocycles. The molecule has 0 bridgehead atoms. The number of piperazine rings is 1. The molecular weight excluding hydrogens is 274 g/mol. The topological polar surface area (TPSA) is 62.3 Å². The largest absolute Gasteiger partial charge is 0.342 e. The molecule has 6 heteroatoms. The van der Waals surface area contributed by atoms with Crippen molar-refractivity contribution in [1.82, 2.24) is 15.2 Å². The van der Waals surface area contributed by atoms with Crippen LogP contribution in [0, 0.1) is 5.92 Å². The van der Waals surface area contributed by atoms with Crippen molar-refractivity contribution in [3.8, 4) is 0 Å². The molecule has 20 heavy (non-hydrogen) atoms. The van der Waals surface area contributed by atoms with E-state index in [1.807, 2.05) is 20.8 Å². The molecule has 1 aromatic heterocycles. The number of hydrogen-bond donors (Lipinski definition) is 1. The van der Waals surface area contributed by atoms with Crippen LogP contribution in [-0.2, 0) is 16.1 Å². The van der Waals surface area contributed by atoms with Crippen molar-refractivity contribution in [2.24, 2.45) is 5.92 Å². The molecular formula is C14H21N3O2S. The van der Waals surface area contributed by atoms with Crippen molar-refractivity contribution >= 4 is 23.2 Å². The first-order valence-electron chi connectivity index (χ1n) is 7.02. The van der Waals surface area contributed by atoms with Crippen molar-refractivity contribution < 1.29 is 9.59 Å². The first-order valence-corrected chi connectivity index (χ1v) is 7.90. The fourth-order valence-electron chi connectivity index (χ4n) is 2.47. The van der Waals surface area contributed by atoms with E-state index in [0.717, 1.165) is 11.3 Å². The zero-order valence-corrected chi connectivity index (χ0v) is 12.9. The summed E-state index contributed by atoms with van der Waals surface area (Å²) in [6, 6.07) is -0.770. The van der Waals surface area contributed by atoms with Gasteiger partial charge in [-0.1, -0.05) is 27.2 Å². The number of carbonyl (C=O) groups excluding carboxylic acids is 2. The van der Waals surface area contributed by atoms with Gasteiger partial charge in [0.1, 0.15) is 12.1 Å². The van der Waals surface area contributed by atoms with Gasteiger partial charge in [-0.15, -0.1) is 11.3 Å². The summed E-state index contributed by atoms with van der Waals surface area (Å²) in [6.45, 7) is 6.41. The highest BCUT2D eigenvalue weighted by atomic mass is 32.1. The van der Waals surface area contributed by atoms with Crippen LogP contribution in [0.2, 0.25) is 0 Å². The van der Waals surface area contributed by atoms with Gasteiger partial charge in [0, 0.05) is 11.1 Å². The summed E-state index contributed by atoms with van der Waals surface area (Å²) >= 11 is 1.51. The van der Waals surface area contributed by atoms with Crippen LogP contribution >= 0.6 is 11.3 Å². The molecule has 1 saturated heterocycles. The fraction of sp³-hybridized carbons (Fsp3) is 0.643. The van der Waals surface area contributed by atoms with Crippen LogP contribution in [0.5, 0.6) is 0 Å². The number of hydrogen-bond acceptors (Lipinski definition) is 4. The Bertz CT molecular complexity index is 473. The lowest BCUT2D eigenvalue weighted by Crippen LogP contribution is -2.64. The maximum absolute atomic E-state index is 12.6. The second-order valence-corrected chi connectivity index (χ2v) is 6.44. The Kier molecular flexibility index (Phi) is 4.75. The first kappa shape index (κ1) is 15.0. The quantitative estimate of drug-likeness (QED) is 0.901. The van der Waals surface area contributed by atoms with Crippen LogP contribution in [0.4, 0.5) is 0 Å². The van der Waals surface area contributed by atoms with E-state index in [4.69, 9.17) is 0 Å². The van der Waals surface area contributed by atoms with Gasteiger partial charge in [-0.3, -0.25) is 14.6 Å². The molecule has 2 atom stereocenters. The number of nitrogens with one attached hydrogen (secondary N) is 1. The van der Waals surface area contributed by atoms with Crippen molar-refractivity contribution in [2.75, 3.05) is 0 Å². The minimum Gasteiger partial charge on any atom is -0.342 e. The van der Waals surface area contributed by atoms with Crippen LogP contribution in [-0.4, -0.2) is 33.8 Å². The summed E-state index contributed by atoms with van der Waals surface area (Å²) in [5, 5.41) is 2.87. The average molecular weight is 295 g/mol. The summed E-state index contributed by atoms with van der Waals surface area (Å²) in [5.41, 5.74) is 1.75. The predicted octanol–water partition coefficient (Wildman–Crippen LogP) is 1.79. The molecule has 2 heterocycles. The first-order chi connectivity index (χ1) is 9.54. The molecule has 0 radical (unpaired) electrons. The molecule has 110 valence electrons. The van der Waals surface area contributed by atoms with Crippen LogP contribution < -0.4 is 5.32 Å². The normalized spacial score (nSPS) is 23.3. The maximum atomic E-state index is 12.6. The highest BCUT2D eigenvalue weighted by molar-refractivity contribution is 7.09. The van der Waals surface area contributed by atoms with Gasteiger partial charge in [0.2, 0.25) is 11.8 Å². The average Bonchev–Trinajstić information content (AvgIpc) is 2.90. The third-order valence-electron chi connectivity index (χ3n) is 3.56. The van der Waals surface area contributed by atoms with Gasteiger partial charge in [0.25, 0.3) is 0 Å². The van der Waals surface area contributed by atoms with E-state index >= 15 is 0 Å². The minimum absolute atomic E-state index is 0.0199. The third-order valence-corrected chi connectivity index (χ3v) is 4.33. The molecule has 1 aliphatic heterocycles. The monoisotopic (exact) mass is 295 g/mol. The predicted molar refractivity (Wildman–Crippen MR) is 78.1 cm³/mol. The van der Waals surface area contributed by atoms with Crippen LogP contribution in [0.25, 0.3) is 0 Å². The van der Waals surface area contributed by atoms with Crippen LogP contribution in [0.15, 0.2) is 11.7 Å². The van der Waals surface area contributed by atoms with E-state index in [-0.39, 0.29) is 23.8 Å². The highest BCUT2D eigenvalue weighted by Gasteiger charge is 2.41. The molecule has 1 aliphatic rings. The van der Waals surface area contributed by atoms with E-state index in [1.54, 1.807) is 16.6 Å². The molecule has 1 fully saturated rings. The van der Waals surface area contributed by atoms with E-state index in [0.29, 0.717) is 13.0 Å². The molecule has 0 aromatic carbocycles. The number of nitrogens with zero attached hydrogens (tertiary/aromatic N) is 2. The Labute approximate surface area is 123 Å². The summed E-state index contributed by atoms with van der Waals surface area (Å²) in [7, 11) is 0. The number of carbonyl (C=O) groups is 2. The summed E-state index contributed by atoms with van der Waals surface area (Å²) < 4.78 is 0. The Morgan fingerprint density at radius 1 is 1.45 bits per heavy atom.